The average molecular weight is 524 g/mol. The molecule has 1 aromatic carbocycles. The van der Waals surface area contributed by atoms with Crippen molar-refractivity contribution in [3.63, 3.8) is 0 Å². The van der Waals surface area contributed by atoms with Gasteiger partial charge in [-0.15, -0.1) is 0 Å². The van der Waals surface area contributed by atoms with Crippen molar-refractivity contribution in [3.05, 3.63) is 65.5 Å². The number of nitrogens with one attached hydrogen (secondary N) is 1. The summed E-state index contributed by atoms with van der Waals surface area (Å²) >= 11 is 1.37. The summed E-state index contributed by atoms with van der Waals surface area (Å²) in [7, 11) is 3.22. The second-order valence-corrected chi connectivity index (χ2v) is 9.49. The zero-order chi connectivity index (χ0) is 26.2. The van der Waals surface area contributed by atoms with Gasteiger partial charge in [0.1, 0.15) is 24.7 Å². The molecule has 0 spiro atoms. The number of benzene rings is 1. The molecule has 4 rings (SSSR count). The molecule has 0 bridgehead atoms. The SMILES string of the molecule is C=C(c1cnc(-n2cnc(C)c2)s1)N(C)NN(C)C1CCc2c(F)cccc2N(CC(F)(F)F)C1=O. The molecule has 0 aliphatic carbocycles. The lowest BCUT2D eigenvalue weighted by atomic mass is 10.1. The average Bonchev–Trinajstić information content (AvgIpc) is 3.43. The van der Waals surface area contributed by atoms with E-state index in [2.05, 4.69) is 22.1 Å². The third-order valence-corrected chi connectivity index (χ3v) is 6.89. The van der Waals surface area contributed by atoms with Crippen LogP contribution in [0.25, 0.3) is 10.8 Å². The van der Waals surface area contributed by atoms with Gasteiger partial charge < -0.3 is 4.90 Å². The first-order chi connectivity index (χ1) is 16.9. The minimum absolute atomic E-state index is 0.0575. The number of halogens is 4. The molecule has 3 aromatic rings. The third-order valence-electron chi connectivity index (χ3n) is 5.83. The highest BCUT2D eigenvalue weighted by Gasteiger charge is 2.40. The standard InChI is InChI=1S/C23H25F4N7OS/c1-14-11-33(13-29-14)22-28-10-20(36-22)15(2)31(3)30-32(4)19-9-8-16-17(24)6-5-7-18(16)34(21(19)35)12-23(25,26)27/h5-7,10-11,13,19,30H,2,8-9,12H2,1,3-4H3. The lowest BCUT2D eigenvalue weighted by Gasteiger charge is -2.34. The van der Waals surface area contributed by atoms with E-state index < -0.39 is 30.5 Å². The second-order valence-electron chi connectivity index (χ2n) is 8.48. The number of anilines is 1. The molecule has 8 nitrogen and oxygen atoms in total. The van der Waals surface area contributed by atoms with Gasteiger partial charge in [0.05, 0.1) is 22.0 Å². The quantitative estimate of drug-likeness (QED) is 0.374. The number of hydrogen-bond donors (Lipinski definition) is 1. The fraction of sp³-hybridized carbons (Fsp3) is 0.348. The lowest BCUT2D eigenvalue weighted by Crippen LogP contribution is -2.56. The molecular weight excluding hydrogens is 498 g/mol. The van der Waals surface area contributed by atoms with E-state index in [0.717, 1.165) is 10.6 Å². The van der Waals surface area contributed by atoms with Crippen LogP contribution in [0.15, 0.2) is 43.5 Å². The number of nitrogens with zero attached hydrogens (tertiary/aromatic N) is 6. The van der Waals surface area contributed by atoms with Crippen LogP contribution >= 0.6 is 11.3 Å². The Hall–Kier alpha value is -3.29. The largest absolute Gasteiger partial charge is 0.406 e. The van der Waals surface area contributed by atoms with Crippen LogP contribution in [-0.4, -0.2) is 63.3 Å². The lowest BCUT2D eigenvalue weighted by molar-refractivity contribution is -0.137. The summed E-state index contributed by atoms with van der Waals surface area (Å²) < 4.78 is 56.3. The molecule has 1 unspecified atom stereocenters. The number of fused-ring (bicyclic) bond motifs is 1. The Morgan fingerprint density at radius 1 is 1.31 bits per heavy atom. The van der Waals surface area contributed by atoms with Gasteiger partial charge in [-0.1, -0.05) is 24.0 Å². The van der Waals surface area contributed by atoms with E-state index in [1.54, 1.807) is 36.2 Å². The molecular formula is C23H25F4N7OS. The Morgan fingerprint density at radius 3 is 2.72 bits per heavy atom. The maximum atomic E-state index is 14.5. The number of amides is 1. The summed E-state index contributed by atoms with van der Waals surface area (Å²) in [6, 6.07) is 2.85. The number of hydrogen-bond acceptors (Lipinski definition) is 7. The van der Waals surface area contributed by atoms with E-state index in [9.17, 15) is 22.4 Å². The predicted octanol–water partition coefficient (Wildman–Crippen LogP) is 3.94. The minimum atomic E-state index is -4.65. The number of thiazole rings is 1. The van der Waals surface area contributed by atoms with Gasteiger partial charge in [-0.25, -0.2) is 19.4 Å². The molecule has 1 aliphatic heterocycles. The van der Waals surface area contributed by atoms with Crippen molar-refractivity contribution in [1.29, 1.82) is 0 Å². The Kier molecular flexibility index (Phi) is 7.16. The van der Waals surface area contributed by atoms with Crippen LogP contribution in [0, 0.1) is 12.7 Å². The maximum absolute atomic E-state index is 14.5. The van der Waals surface area contributed by atoms with Crippen molar-refractivity contribution in [2.75, 3.05) is 25.5 Å². The summed E-state index contributed by atoms with van der Waals surface area (Å²) in [4.78, 5) is 23.2. The monoisotopic (exact) mass is 523 g/mol. The van der Waals surface area contributed by atoms with Crippen LogP contribution in [0.3, 0.4) is 0 Å². The van der Waals surface area contributed by atoms with Crippen LogP contribution in [0.1, 0.15) is 22.6 Å². The van der Waals surface area contributed by atoms with E-state index in [0.29, 0.717) is 15.7 Å². The summed E-state index contributed by atoms with van der Waals surface area (Å²) in [5.74, 6) is -1.41. The predicted molar refractivity (Wildman–Crippen MR) is 129 cm³/mol. The normalized spacial score (nSPS) is 16.3. The molecule has 1 N–H and O–H groups in total. The molecule has 1 amide bonds. The van der Waals surface area contributed by atoms with E-state index in [-0.39, 0.29) is 24.1 Å². The van der Waals surface area contributed by atoms with Crippen LogP contribution < -0.4 is 10.4 Å². The summed E-state index contributed by atoms with van der Waals surface area (Å²) in [6.45, 7) is 4.43. The molecule has 1 atom stereocenters. The molecule has 0 fully saturated rings. The molecule has 36 heavy (non-hydrogen) atoms. The molecule has 1 aliphatic rings. The van der Waals surface area contributed by atoms with Crippen molar-refractivity contribution in [2.24, 2.45) is 0 Å². The van der Waals surface area contributed by atoms with Crippen LogP contribution in [0.5, 0.6) is 0 Å². The van der Waals surface area contributed by atoms with E-state index >= 15 is 0 Å². The van der Waals surface area contributed by atoms with Gasteiger partial charge in [0.2, 0.25) is 5.91 Å². The van der Waals surface area contributed by atoms with Crippen molar-refractivity contribution in [1.82, 2.24) is 30.1 Å². The van der Waals surface area contributed by atoms with E-state index in [1.807, 2.05) is 13.1 Å². The first kappa shape index (κ1) is 25.8. The number of rotatable bonds is 7. The van der Waals surface area contributed by atoms with E-state index in [1.165, 1.54) is 34.5 Å². The maximum Gasteiger partial charge on any atom is 0.406 e. The highest BCUT2D eigenvalue weighted by atomic mass is 32.1. The van der Waals surface area contributed by atoms with Crippen LogP contribution in [0.4, 0.5) is 23.2 Å². The Bertz CT molecular complexity index is 1270. The molecule has 0 radical (unpaired) electrons. The molecule has 0 saturated heterocycles. The highest BCUT2D eigenvalue weighted by molar-refractivity contribution is 7.15. The smallest absolute Gasteiger partial charge is 0.302 e. The number of aromatic nitrogens is 3. The topological polar surface area (TPSA) is 69.5 Å². The summed E-state index contributed by atoms with van der Waals surface area (Å²) in [5, 5.41) is 3.66. The second kappa shape index (κ2) is 9.99. The van der Waals surface area contributed by atoms with E-state index in [4.69, 9.17) is 0 Å². The number of likely N-dealkylation sites (N-methyl/N-ethyl adjacent to an activating group) is 1. The first-order valence-corrected chi connectivity index (χ1v) is 11.8. The first-order valence-electron chi connectivity index (χ1n) is 11.0. The Morgan fingerprint density at radius 2 is 2.06 bits per heavy atom. The summed E-state index contributed by atoms with van der Waals surface area (Å²) in [6.07, 6.45) is 0.718. The van der Waals surface area contributed by atoms with Crippen molar-refractivity contribution in [3.8, 4) is 5.13 Å². The minimum Gasteiger partial charge on any atom is -0.302 e. The summed E-state index contributed by atoms with van der Waals surface area (Å²) in [5.41, 5.74) is 4.40. The fourth-order valence-corrected chi connectivity index (χ4v) is 4.90. The molecule has 13 heteroatoms. The molecule has 2 aromatic heterocycles. The van der Waals surface area contributed by atoms with Gasteiger partial charge in [-0.2, -0.15) is 18.7 Å². The van der Waals surface area contributed by atoms with Gasteiger partial charge in [0.25, 0.3) is 0 Å². The number of carbonyl (C=O) groups excluding carboxylic acids is 1. The zero-order valence-corrected chi connectivity index (χ0v) is 20.7. The number of carbonyl (C=O) groups is 1. The van der Waals surface area contributed by atoms with Crippen LogP contribution in [0.2, 0.25) is 0 Å². The highest BCUT2D eigenvalue weighted by Crippen LogP contribution is 2.33. The van der Waals surface area contributed by atoms with Gasteiger partial charge in [0, 0.05) is 32.1 Å². The van der Waals surface area contributed by atoms with Crippen molar-refractivity contribution < 1.29 is 22.4 Å². The zero-order valence-electron chi connectivity index (χ0n) is 19.9. The third kappa shape index (κ3) is 5.42. The molecule has 0 saturated carbocycles. The Balaban J connectivity index is 1.51. The molecule has 192 valence electrons. The number of imidazole rings is 1. The van der Waals surface area contributed by atoms with Crippen molar-refractivity contribution in [2.45, 2.75) is 32.0 Å². The number of hydrazine groups is 2. The van der Waals surface area contributed by atoms with Crippen molar-refractivity contribution >= 4 is 28.6 Å². The number of alkyl halides is 3. The van der Waals surface area contributed by atoms with Gasteiger partial charge in [0.15, 0.2) is 5.13 Å². The van der Waals surface area contributed by atoms with Gasteiger partial charge in [-0.3, -0.25) is 14.4 Å². The van der Waals surface area contributed by atoms with Gasteiger partial charge >= 0.3 is 6.18 Å². The Labute approximate surface area is 209 Å². The van der Waals surface area contributed by atoms with Gasteiger partial charge in [-0.05, 0) is 31.9 Å². The fourth-order valence-electron chi connectivity index (χ4n) is 4.03. The van der Waals surface area contributed by atoms with Crippen LogP contribution in [-0.2, 0) is 11.2 Å². The number of aryl methyl sites for hydroxylation is 1. The molecule has 3 heterocycles.